The van der Waals surface area contributed by atoms with Crippen LogP contribution in [0.15, 0.2) is 30.5 Å². The van der Waals surface area contributed by atoms with Crippen LogP contribution in [0.2, 0.25) is 5.02 Å². The van der Waals surface area contributed by atoms with Crippen LogP contribution in [0.25, 0.3) is 11.3 Å². The van der Waals surface area contributed by atoms with E-state index in [0.29, 0.717) is 41.1 Å². The fraction of sp³-hybridized carbons (Fsp3) is 0.476. The molecule has 2 unspecified atom stereocenters. The van der Waals surface area contributed by atoms with Gasteiger partial charge in [0, 0.05) is 25.0 Å². The van der Waals surface area contributed by atoms with Crippen molar-refractivity contribution in [2.45, 2.75) is 31.8 Å². The molecular formula is C21H27ClN4O4. The number of nitrogens with two attached hydrogens (primary N) is 1. The second-order valence-electron chi connectivity index (χ2n) is 7.27. The fourth-order valence-corrected chi connectivity index (χ4v) is 3.41. The number of anilines is 2. The molecule has 2 aliphatic rings. The van der Waals surface area contributed by atoms with Crippen molar-refractivity contribution in [1.82, 2.24) is 9.97 Å². The number of pyridine rings is 2. The quantitative estimate of drug-likeness (QED) is 0.679. The SMILES string of the molecule is Nc1cc(-c2cccc(NC(=O)C3CCCOC3)n2)c(Cl)cn1.OC1CCCOC1. The van der Waals surface area contributed by atoms with Crippen molar-refractivity contribution in [3.8, 4) is 11.3 Å². The first-order valence-corrected chi connectivity index (χ1v) is 10.4. The maximum absolute atomic E-state index is 12.2. The average Bonchev–Trinajstić information content (AvgIpc) is 2.77. The normalized spacial score (nSPS) is 21.3. The van der Waals surface area contributed by atoms with E-state index in [0.717, 1.165) is 38.9 Å². The molecule has 4 rings (SSSR count). The van der Waals surface area contributed by atoms with E-state index in [1.165, 1.54) is 6.20 Å². The van der Waals surface area contributed by atoms with Crippen molar-refractivity contribution < 1.29 is 19.4 Å². The van der Waals surface area contributed by atoms with Gasteiger partial charge in [-0.15, -0.1) is 0 Å². The smallest absolute Gasteiger partial charge is 0.230 e. The summed E-state index contributed by atoms with van der Waals surface area (Å²) in [5.41, 5.74) is 7.00. The van der Waals surface area contributed by atoms with E-state index in [4.69, 9.17) is 31.9 Å². The Morgan fingerprint density at radius 2 is 1.97 bits per heavy atom. The van der Waals surface area contributed by atoms with Gasteiger partial charge in [-0.25, -0.2) is 9.97 Å². The molecule has 2 fully saturated rings. The molecule has 162 valence electrons. The third-order valence-corrected chi connectivity index (χ3v) is 5.12. The van der Waals surface area contributed by atoms with Gasteiger partial charge in [-0.1, -0.05) is 17.7 Å². The summed E-state index contributed by atoms with van der Waals surface area (Å²) in [4.78, 5) is 20.6. The van der Waals surface area contributed by atoms with E-state index in [1.54, 1.807) is 18.2 Å². The van der Waals surface area contributed by atoms with Crippen LogP contribution in [0.1, 0.15) is 25.7 Å². The predicted molar refractivity (Wildman–Crippen MR) is 115 cm³/mol. The molecule has 2 aromatic rings. The number of aromatic nitrogens is 2. The Balaban J connectivity index is 0.000000310. The number of nitrogens with zero attached hydrogens (tertiary/aromatic N) is 2. The highest BCUT2D eigenvalue weighted by atomic mass is 35.5. The van der Waals surface area contributed by atoms with Crippen LogP contribution in [-0.4, -0.2) is 53.5 Å². The lowest BCUT2D eigenvalue weighted by molar-refractivity contribution is -0.123. The maximum Gasteiger partial charge on any atom is 0.230 e. The second kappa shape index (κ2) is 11.2. The van der Waals surface area contributed by atoms with Gasteiger partial charge >= 0.3 is 0 Å². The van der Waals surface area contributed by atoms with E-state index >= 15 is 0 Å². The molecule has 0 bridgehead atoms. The lowest BCUT2D eigenvalue weighted by atomic mass is 10.0. The van der Waals surface area contributed by atoms with Crippen molar-refractivity contribution in [2.75, 3.05) is 37.5 Å². The van der Waals surface area contributed by atoms with Gasteiger partial charge in [0.05, 0.1) is 36.0 Å². The monoisotopic (exact) mass is 434 g/mol. The van der Waals surface area contributed by atoms with Crippen molar-refractivity contribution in [1.29, 1.82) is 0 Å². The van der Waals surface area contributed by atoms with E-state index in [1.807, 2.05) is 6.07 Å². The number of ether oxygens (including phenoxy) is 2. The molecule has 0 aliphatic carbocycles. The Kier molecular flexibility index (Phi) is 8.39. The molecule has 2 saturated heterocycles. The Morgan fingerprint density at radius 1 is 1.20 bits per heavy atom. The highest BCUT2D eigenvalue weighted by Gasteiger charge is 2.22. The van der Waals surface area contributed by atoms with Crippen LogP contribution in [0.5, 0.6) is 0 Å². The van der Waals surface area contributed by atoms with Crippen molar-refractivity contribution in [3.05, 3.63) is 35.5 Å². The molecule has 2 atom stereocenters. The maximum atomic E-state index is 12.2. The summed E-state index contributed by atoms with van der Waals surface area (Å²) in [6, 6.07) is 7.01. The van der Waals surface area contributed by atoms with Gasteiger partial charge in [-0.3, -0.25) is 4.79 Å². The first kappa shape index (κ1) is 22.4. The summed E-state index contributed by atoms with van der Waals surface area (Å²) in [7, 11) is 0. The lowest BCUT2D eigenvalue weighted by Gasteiger charge is -2.21. The van der Waals surface area contributed by atoms with Crippen molar-refractivity contribution >= 4 is 29.1 Å². The second-order valence-corrected chi connectivity index (χ2v) is 7.68. The lowest BCUT2D eigenvalue weighted by Crippen LogP contribution is -2.30. The summed E-state index contributed by atoms with van der Waals surface area (Å²) < 4.78 is 10.3. The van der Waals surface area contributed by atoms with Gasteiger partial charge in [0.2, 0.25) is 5.91 Å². The molecule has 1 amide bonds. The molecule has 0 aromatic carbocycles. The van der Waals surface area contributed by atoms with E-state index < -0.39 is 0 Å². The summed E-state index contributed by atoms with van der Waals surface area (Å²) in [5, 5.41) is 12.1. The summed E-state index contributed by atoms with van der Waals surface area (Å²) in [5.74, 6) is 0.633. The number of amides is 1. The number of rotatable bonds is 3. The van der Waals surface area contributed by atoms with Crippen LogP contribution in [0.3, 0.4) is 0 Å². The van der Waals surface area contributed by atoms with Gasteiger partial charge in [0.25, 0.3) is 0 Å². The Bertz CT molecular complexity index is 840. The first-order valence-electron chi connectivity index (χ1n) is 10.1. The molecular weight excluding hydrogens is 408 g/mol. The molecule has 4 heterocycles. The van der Waals surface area contributed by atoms with Crippen molar-refractivity contribution in [2.24, 2.45) is 5.92 Å². The summed E-state index contributed by atoms with van der Waals surface area (Å²) in [6.07, 6.45) is 4.96. The summed E-state index contributed by atoms with van der Waals surface area (Å²) in [6.45, 7) is 2.55. The minimum absolute atomic E-state index is 0.0744. The molecule has 8 nitrogen and oxygen atoms in total. The zero-order valence-corrected chi connectivity index (χ0v) is 17.5. The molecule has 0 spiro atoms. The van der Waals surface area contributed by atoms with E-state index in [9.17, 15) is 4.79 Å². The molecule has 9 heteroatoms. The third kappa shape index (κ3) is 6.63. The van der Waals surface area contributed by atoms with Crippen LogP contribution >= 0.6 is 11.6 Å². The van der Waals surface area contributed by atoms with Gasteiger partial charge in [0.15, 0.2) is 0 Å². The number of nitrogens with one attached hydrogen (secondary N) is 1. The van der Waals surface area contributed by atoms with Crippen LogP contribution < -0.4 is 11.1 Å². The number of nitrogen functional groups attached to an aromatic ring is 1. The van der Waals surface area contributed by atoms with E-state index in [-0.39, 0.29) is 17.9 Å². The predicted octanol–water partition coefficient (Wildman–Crippen LogP) is 2.90. The van der Waals surface area contributed by atoms with Gasteiger partial charge in [-0.05, 0) is 43.9 Å². The average molecular weight is 435 g/mol. The van der Waals surface area contributed by atoms with Crippen LogP contribution in [-0.2, 0) is 14.3 Å². The number of aliphatic hydroxyl groups excluding tert-OH is 1. The van der Waals surface area contributed by atoms with Crippen LogP contribution in [0, 0.1) is 5.92 Å². The molecule has 0 saturated carbocycles. The van der Waals surface area contributed by atoms with E-state index in [2.05, 4.69) is 15.3 Å². The zero-order valence-electron chi connectivity index (χ0n) is 16.7. The number of carbonyl (C=O) groups is 1. The first-order chi connectivity index (χ1) is 14.5. The number of halogens is 1. The third-order valence-electron chi connectivity index (χ3n) is 4.82. The largest absolute Gasteiger partial charge is 0.391 e. The number of carbonyl (C=O) groups excluding carboxylic acids is 1. The van der Waals surface area contributed by atoms with Gasteiger partial charge < -0.3 is 25.6 Å². The molecule has 2 aliphatic heterocycles. The number of aliphatic hydroxyl groups is 1. The standard InChI is InChI=1S/C16H17ClN4O2.C5H10O2/c17-12-8-19-14(18)7-11(12)13-4-1-5-15(20-13)21-16(22)10-3-2-6-23-9-10;6-5-2-1-3-7-4-5/h1,4-5,7-8,10H,2-3,6,9H2,(H2,18,19)(H,20,21,22);5-6H,1-4H2. The highest BCUT2D eigenvalue weighted by Crippen LogP contribution is 2.28. The van der Waals surface area contributed by atoms with Crippen molar-refractivity contribution in [3.63, 3.8) is 0 Å². The van der Waals surface area contributed by atoms with Gasteiger partial charge in [-0.2, -0.15) is 0 Å². The molecule has 30 heavy (non-hydrogen) atoms. The van der Waals surface area contributed by atoms with Gasteiger partial charge in [0.1, 0.15) is 11.6 Å². The molecule has 2 aromatic heterocycles. The Morgan fingerprint density at radius 3 is 2.60 bits per heavy atom. The minimum atomic E-state index is -0.186. The number of hydrogen-bond acceptors (Lipinski definition) is 7. The van der Waals surface area contributed by atoms with Crippen LogP contribution in [0.4, 0.5) is 11.6 Å². The molecule has 0 radical (unpaired) electrons. The number of hydrogen-bond donors (Lipinski definition) is 3. The topological polar surface area (TPSA) is 120 Å². The Labute approximate surface area is 180 Å². The fourth-order valence-electron chi connectivity index (χ4n) is 3.20. The zero-order chi connectivity index (χ0) is 21.3. The summed E-state index contributed by atoms with van der Waals surface area (Å²) >= 11 is 6.15. The Hall–Kier alpha value is -2.26. The highest BCUT2D eigenvalue weighted by molar-refractivity contribution is 6.33. The molecule has 4 N–H and O–H groups in total. The minimum Gasteiger partial charge on any atom is -0.391 e.